The van der Waals surface area contributed by atoms with Crippen molar-refractivity contribution in [2.45, 2.75) is 13.3 Å². The van der Waals surface area contributed by atoms with Crippen LogP contribution >= 0.6 is 11.3 Å². The number of aromatic nitrogens is 1. The molecule has 1 rings (SSSR count). The molecule has 0 aliphatic heterocycles. The van der Waals surface area contributed by atoms with E-state index in [0.717, 1.165) is 10.6 Å². The largest absolute Gasteiger partial charge is 0.475 e. The predicted octanol–water partition coefficient (Wildman–Crippen LogP) is 1.09. The first kappa shape index (κ1) is 8.92. The third-order valence-electron chi connectivity index (χ3n) is 1.38. The Hall–Kier alpha value is -1.17. The van der Waals surface area contributed by atoms with E-state index in [9.17, 15) is 4.91 Å². The van der Waals surface area contributed by atoms with Crippen LogP contribution in [-0.4, -0.2) is 21.9 Å². The highest BCUT2D eigenvalue weighted by atomic mass is 32.1. The summed E-state index contributed by atoms with van der Waals surface area (Å²) in [6.45, 7) is 2.06. The molecule has 0 saturated carbocycles. The van der Waals surface area contributed by atoms with E-state index in [1.807, 2.05) is 6.92 Å². The van der Waals surface area contributed by atoms with Crippen LogP contribution < -0.4 is 0 Å². The third kappa shape index (κ3) is 2.46. The lowest BCUT2D eigenvalue weighted by Crippen LogP contribution is -2.06. The first-order valence-corrected chi connectivity index (χ1v) is 4.26. The Morgan fingerprint density at radius 2 is 2.58 bits per heavy atom. The quantitative estimate of drug-likeness (QED) is 0.720. The molecule has 0 amide bonds. The van der Waals surface area contributed by atoms with Gasteiger partial charge in [-0.15, -0.1) is 11.3 Å². The van der Waals surface area contributed by atoms with Crippen molar-refractivity contribution < 1.29 is 15.1 Å². The topological polar surface area (TPSA) is 62.4 Å². The smallest absolute Gasteiger partial charge is 0.250 e. The molecule has 0 aliphatic carbocycles. The van der Waals surface area contributed by atoms with Gasteiger partial charge in [-0.05, 0) is 6.92 Å². The van der Waals surface area contributed by atoms with Crippen molar-refractivity contribution in [3.05, 3.63) is 21.0 Å². The lowest BCUT2D eigenvalue weighted by molar-refractivity contribution is -0.975. The molecule has 0 bridgehead atoms. The van der Waals surface area contributed by atoms with Crippen molar-refractivity contribution in [2.75, 3.05) is 6.61 Å². The van der Waals surface area contributed by atoms with Crippen LogP contribution in [0.1, 0.15) is 10.6 Å². The maximum absolute atomic E-state index is 9.89. The molecule has 6 heteroatoms. The van der Waals surface area contributed by atoms with Crippen LogP contribution in [0.5, 0.6) is 0 Å². The van der Waals surface area contributed by atoms with Crippen LogP contribution in [0.4, 0.5) is 0 Å². The average molecular weight is 189 g/mol. The highest BCUT2D eigenvalue weighted by molar-refractivity contribution is 7.09. The van der Waals surface area contributed by atoms with Gasteiger partial charge in [0.15, 0.2) is 6.61 Å². The SMILES string of the molecule is Cc1ncsc1CCO[N+](=O)O. The summed E-state index contributed by atoms with van der Waals surface area (Å²) in [5, 5.41) is 7.56. The van der Waals surface area contributed by atoms with Crippen molar-refractivity contribution in [3.63, 3.8) is 0 Å². The number of hydrogen-bond donors (Lipinski definition) is 1. The summed E-state index contributed by atoms with van der Waals surface area (Å²) >= 11 is 1.51. The van der Waals surface area contributed by atoms with Crippen LogP contribution in [0.25, 0.3) is 0 Å². The van der Waals surface area contributed by atoms with Gasteiger partial charge in [0.05, 0.1) is 11.2 Å². The normalized spacial score (nSPS) is 9.75. The zero-order chi connectivity index (χ0) is 8.97. The zero-order valence-corrected chi connectivity index (χ0v) is 7.37. The highest BCUT2D eigenvalue weighted by Gasteiger charge is 2.06. The maximum Gasteiger partial charge on any atom is 0.475 e. The van der Waals surface area contributed by atoms with Gasteiger partial charge in [-0.3, -0.25) is 0 Å². The van der Waals surface area contributed by atoms with Gasteiger partial charge in [0.25, 0.3) is 0 Å². The first-order valence-electron chi connectivity index (χ1n) is 3.38. The van der Waals surface area contributed by atoms with Crippen molar-refractivity contribution in [3.8, 4) is 0 Å². The summed E-state index contributed by atoms with van der Waals surface area (Å²) in [6.07, 6.45) is 0.593. The zero-order valence-electron chi connectivity index (χ0n) is 6.56. The third-order valence-corrected chi connectivity index (χ3v) is 2.37. The first-order chi connectivity index (χ1) is 5.70. The highest BCUT2D eigenvalue weighted by Crippen LogP contribution is 2.12. The van der Waals surface area contributed by atoms with Gasteiger partial charge in [0.2, 0.25) is 0 Å². The van der Waals surface area contributed by atoms with Gasteiger partial charge in [-0.25, -0.2) is 10.2 Å². The van der Waals surface area contributed by atoms with E-state index >= 15 is 0 Å². The molecule has 1 heterocycles. The minimum absolute atomic E-state index is 0.170. The van der Waals surface area contributed by atoms with Gasteiger partial charge in [0.1, 0.15) is 4.91 Å². The molecule has 0 spiro atoms. The van der Waals surface area contributed by atoms with E-state index in [4.69, 9.17) is 5.21 Å². The Kier molecular flexibility index (Phi) is 2.98. The molecule has 1 N–H and O–H groups in total. The lowest BCUT2D eigenvalue weighted by atomic mass is 10.3. The molecule has 0 aliphatic rings. The van der Waals surface area contributed by atoms with Crippen LogP contribution in [0.3, 0.4) is 0 Å². The fourth-order valence-corrected chi connectivity index (χ4v) is 1.55. The van der Waals surface area contributed by atoms with Gasteiger partial charge in [0, 0.05) is 11.3 Å². The second kappa shape index (κ2) is 4.01. The van der Waals surface area contributed by atoms with E-state index < -0.39 is 5.09 Å². The Balaban J connectivity index is 2.33. The molecular weight excluding hydrogens is 180 g/mol. The molecule has 0 atom stereocenters. The minimum Gasteiger partial charge on any atom is -0.250 e. The molecule has 66 valence electrons. The van der Waals surface area contributed by atoms with Crippen molar-refractivity contribution >= 4 is 11.3 Å². The van der Waals surface area contributed by atoms with E-state index in [0.29, 0.717) is 6.42 Å². The summed E-state index contributed by atoms with van der Waals surface area (Å²) in [5.41, 5.74) is 2.68. The van der Waals surface area contributed by atoms with Crippen LogP contribution in [-0.2, 0) is 11.3 Å². The Labute approximate surface area is 73.1 Å². The predicted molar refractivity (Wildman–Crippen MR) is 41.9 cm³/mol. The second-order valence-corrected chi connectivity index (χ2v) is 3.12. The van der Waals surface area contributed by atoms with E-state index in [1.165, 1.54) is 11.3 Å². The standard InChI is InChI=1S/C6H9N2O3S/c1-5-6(12-4-7-5)2-3-11-8(9)10/h4H,2-3H2,1H3,(H,9,10)/q+1. The number of hydrogen-bond acceptors (Lipinski definition) is 4. The number of thiazole rings is 1. The minimum atomic E-state index is -0.531. The van der Waals surface area contributed by atoms with Crippen molar-refractivity contribution in [1.82, 2.24) is 4.98 Å². The number of aryl methyl sites for hydroxylation is 1. The van der Waals surface area contributed by atoms with Gasteiger partial charge in [-0.2, -0.15) is 4.84 Å². The molecule has 0 aromatic carbocycles. The van der Waals surface area contributed by atoms with Crippen LogP contribution in [0.15, 0.2) is 5.51 Å². The summed E-state index contributed by atoms with van der Waals surface area (Å²) in [6, 6.07) is 0. The lowest BCUT2D eigenvalue weighted by Gasteiger charge is -1.91. The van der Waals surface area contributed by atoms with Crippen molar-refractivity contribution in [2.24, 2.45) is 0 Å². The fraction of sp³-hybridized carbons (Fsp3) is 0.500. The van der Waals surface area contributed by atoms with Crippen LogP contribution in [0.2, 0.25) is 0 Å². The summed E-state index contributed by atoms with van der Waals surface area (Å²) in [7, 11) is 0. The molecular formula is C6H9N2O3S+. The fourth-order valence-electron chi connectivity index (χ4n) is 0.783. The molecule has 0 radical (unpaired) electrons. The molecule has 0 saturated heterocycles. The summed E-state index contributed by atoms with van der Waals surface area (Å²) in [4.78, 5) is 19.3. The van der Waals surface area contributed by atoms with Gasteiger partial charge < -0.3 is 0 Å². The van der Waals surface area contributed by atoms with Crippen molar-refractivity contribution in [1.29, 1.82) is 0 Å². The second-order valence-electron chi connectivity index (χ2n) is 2.18. The van der Waals surface area contributed by atoms with Crippen LogP contribution in [0, 0.1) is 11.8 Å². The van der Waals surface area contributed by atoms with Gasteiger partial charge >= 0.3 is 5.09 Å². The Morgan fingerprint density at radius 1 is 1.83 bits per heavy atom. The average Bonchev–Trinajstić information content (AvgIpc) is 2.36. The molecule has 5 nitrogen and oxygen atoms in total. The summed E-state index contributed by atoms with van der Waals surface area (Å²) < 4.78 is 0. The number of rotatable bonds is 4. The molecule has 1 aromatic heterocycles. The van der Waals surface area contributed by atoms with E-state index in [-0.39, 0.29) is 6.61 Å². The number of nitrogens with zero attached hydrogens (tertiary/aromatic N) is 2. The van der Waals surface area contributed by atoms with E-state index in [2.05, 4.69) is 9.82 Å². The molecule has 1 aromatic rings. The monoisotopic (exact) mass is 189 g/mol. The maximum atomic E-state index is 9.89. The molecule has 12 heavy (non-hydrogen) atoms. The van der Waals surface area contributed by atoms with E-state index in [1.54, 1.807) is 5.51 Å². The van der Waals surface area contributed by atoms with Gasteiger partial charge in [-0.1, -0.05) is 0 Å². The molecule has 0 fully saturated rings. The summed E-state index contributed by atoms with van der Waals surface area (Å²) in [5.74, 6) is 0. The Morgan fingerprint density at radius 3 is 3.08 bits per heavy atom. The molecule has 0 unspecified atom stereocenters. The Bertz CT molecular complexity index is 274.